The summed E-state index contributed by atoms with van der Waals surface area (Å²) in [7, 11) is 0. The summed E-state index contributed by atoms with van der Waals surface area (Å²) in [5.74, 6) is 0.0509. The molecule has 1 N–H and O–H groups in total. The molecule has 0 unspecified atom stereocenters. The van der Waals surface area contributed by atoms with Gasteiger partial charge in [0.25, 0.3) is 0 Å². The van der Waals surface area contributed by atoms with Crippen molar-refractivity contribution in [1.82, 2.24) is 10.3 Å². The van der Waals surface area contributed by atoms with Gasteiger partial charge in [0.1, 0.15) is 5.54 Å². The normalized spacial score (nSPS) is 16.6. The molecule has 1 aromatic rings. The zero-order chi connectivity index (χ0) is 14.6. The number of halogens is 1. The molecule has 0 spiro atoms. The molecule has 1 amide bonds. The summed E-state index contributed by atoms with van der Waals surface area (Å²) < 4.78 is 5.35. The Bertz CT molecular complexity index is 487. The van der Waals surface area contributed by atoms with Gasteiger partial charge in [-0.3, -0.25) is 9.78 Å². The first kappa shape index (κ1) is 15.3. The monoisotopic (exact) mass is 296 g/mol. The second-order valence-corrected chi connectivity index (χ2v) is 5.72. The van der Waals surface area contributed by atoms with Crippen molar-refractivity contribution >= 4 is 17.5 Å². The van der Waals surface area contributed by atoms with E-state index in [-0.39, 0.29) is 5.91 Å². The van der Waals surface area contributed by atoms with Crippen LogP contribution in [0, 0.1) is 0 Å². The molecular weight excluding hydrogens is 276 g/mol. The van der Waals surface area contributed by atoms with Gasteiger partial charge in [0.2, 0.25) is 5.91 Å². The zero-order valence-corrected chi connectivity index (χ0v) is 12.8. The number of nitrogens with one attached hydrogen (secondary N) is 1. The number of hydrogen-bond acceptors (Lipinski definition) is 3. The Morgan fingerprint density at radius 3 is 2.75 bits per heavy atom. The summed E-state index contributed by atoms with van der Waals surface area (Å²) in [5.41, 5.74) is 1.53. The molecule has 0 aromatic carbocycles. The van der Waals surface area contributed by atoms with E-state index >= 15 is 0 Å². The number of ether oxygens (including phenoxy) is 1. The average Bonchev–Trinajstić information content (AvgIpc) is 2.35. The smallest absolute Gasteiger partial charge is 0.220 e. The highest BCUT2D eigenvalue weighted by molar-refractivity contribution is 6.30. The van der Waals surface area contributed by atoms with Crippen LogP contribution in [0.4, 0.5) is 0 Å². The molecule has 0 atom stereocenters. The lowest BCUT2D eigenvalue weighted by Gasteiger charge is -2.42. The van der Waals surface area contributed by atoms with Crippen LogP contribution < -0.4 is 5.32 Å². The van der Waals surface area contributed by atoms with Gasteiger partial charge in [0.15, 0.2) is 0 Å². The van der Waals surface area contributed by atoms with Crippen LogP contribution in [0.25, 0.3) is 0 Å². The van der Waals surface area contributed by atoms with Crippen LogP contribution in [0.1, 0.15) is 44.4 Å². The fourth-order valence-electron chi connectivity index (χ4n) is 2.50. The summed E-state index contributed by atoms with van der Waals surface area (Å²) in [6, 6.07) is 1.94. The molecule has 1 fully saturated rings. The van der Waals surface area contributed by atoms with Crippen molar-refractivity contribution in [2.24, 2.45) is 0 Å². The highest BCUT2D eigenvalue weighted by Gasteiger charge is 2.44. The molecule has 0 saturated carbocycles. The summed E-state index contributed by atoms with van der Waals surface area (Å²) in [6.07, 6.45) is 4.91. The maximum absolute atomic E-state index is 11.9. The summed E-state index contributed by atoms with van der Waals surface area (Å²) in [5, 5.41) is 3.73. The Balaban J connectivity index is 2.28. The van der Waals surface area contributed by atoms with E-state index in [0.29, 0.717) is 24.7 Å². The third kappa shape index (κ3) is 3.13. The number of pyridine rings is 1. The van der Waals surface area contributed by atoms with Crippen LogP contribution in [-0.2, 0) is 21.5 Å². The van der Waals surface area contributed by atoms with Gasteiger partial charge >= 0.3 is 0 Å². The highest BCUT2D eigenvalue weighted by Crippen LogP contribution is 2.32. The van der Waals surface area contributed by atoms with E-state index in [0.717, 1.165) is 30.5 Å². The lowest BCUT2D eigenvalue weighted by Crippen LogP contribution is -2.60. The molecule has 2 rings (SSSR count). The molecule has 0 radical (unpaired) electrons. The largest absolute Gasteiger partial charge is 0.376 e. The van der Waals surface area contributed by atoms with Gasteiger partial charge in [-0.2, -0.15) is 0 Å². The molecule has 20 heavy (non-hydrogen) atoms. The zero-order valence-electron chi connectivity index (χ0n) is 12.0. The molecule has 4 nitrogen and oxygen atoms in total. The first-order valence-electron chi connectivity index (χ1n) is 7.15. The molecular formula is C15H21ClN2O2. The van der Waals surface area contributed by atoms with Crippen molar-refractivity contribution in [2.45, 2.75) is 45.1 Å². The van der Waals surface area contributed by atoms with Gasteiger partial charge in [-0.1, -0.05) is 31.9 Å². The van der Waals surface area contributed by atoms with Gasteiger partial charge < -0.3 is 10.1 Å². The summed E-state index contributed by atoms with van der Waals surface area (Å²) >= 11 is 6.04. The number of rotatable bonds is 6. The highest BCUT2D eigenvalue weighted by atomic mass is 35.5. The first-order valence-corrected chi connectivity index (χ1v) is 7.52. The second-order valence-electron chi connectivity index (χ2n) is 5.28. The summed E-state index contributed by atoms with van der Waals surface area (Å²) in [6.45, 7) is 5.07. The van der Waals surface area contributed by atoms with Crippen LogP contribution in [0.3, 0.4) is 0 Å². The Morgan fingerprint density at radius 1 is 1.45 bits per heavy atom. The molecule has 0 aliphatic carbocycles. The van der Waals surface area contributed by atoms with Crippen molar-refractivity contribution < 1.29 is 9.53 Å². The molecule has 110 valence electrons. The lowest BCUT2D eigenvalue weighted by atomic mass is 9.87. The van der Waals surface area contributed by atoms with Crippen molar-refractivity contribution in [3.8, 4) is 0 Å². The van der Waals surface area contributed by atoms with Crippen LogP contribution >= 0.6 is 11.6 Å². The number of hydrogen-bond donors (Lipinski definition) is 1. The van der Waals surface area contributed by atoms with Crippen molar-refractivity contribution in [3.05, 3.63) is 28.5 Å². The minimum absolute atomic E-state index is 0.0509. The van der Waals surface area contributed by atoms with Crippen molar-refractivity contribution in [2.75, 3.05) is 13.2 Å². The molecule has 1 saturated heterocycles. The van der Waals surface area contributed by atoms with Crippen LogP contribution in [0.2, 0.25) is 5.02 Å². The predicted octanol–water partition coefficient (Wildman–Crippen LogP) is 2.83. The van der Waals surface area contributed by atoms with Gasteiger partial charge in [0, 0.05) is 12.6 Å². The van der Waals surface area contributed by atoms with Crippen LogP contribution in [0.5, 0.6) is 0 Å². The number of aryl methyl sites for hydroxylation is 1. The van der Waals surface area contributed by atoms with E-state index in [4.69, 9.17) is 16.3 Å². The van der Waals surface area contributed by atoms with Crippen molar-refractivity contribution in [3.63, 3.8) is 0 Å². The average molecular weight is 297 g/mol. The van der Waals surface area contributed by atoms with E-state index in [9.17, 15) is 4.79 Å². The number of carbonyl (C=O) groups is 1. The standard InChI is InChI=1S/C15H21ClN2O2/c1-3-5-11-7-12(16)8-17-14(11)15(9-20-10-15)18-13(19)6-4-2/h7-8H,3-6,9-10H2,1-2H3,(H,18,19). The minimum Gasteiger partial charge on any atom is -0.376 e. The quantitative estimate of drug-likeness (QED) is 0.878. The molecule has 5 heteroatoms. The summed E-state index contributed by atoms with van der Waals surface area (Å²) in [4.78, 5) is 16.4. The number of aromatic nitrogens is 1. The maximum Gasteiger partial charge on any atom is 0.220 e. The van der Waals surface area contributed by atoms with Gasteiger partial charge in [-0.25, -0.2) is 0 Å². The third-order valence-corrected chi connectivity index (χ3v) is 3.67. The Labute approximate surface area is 124 Å². The van der Waals surface area contributed by atoms with E-state index in [1.165, 1.54) is 0 Å². The molecule has 1 aromatic heterocycles. The molecule has 1 aliphatic rings. The van der Waals surface area contributed by atoms with Crippen LogP contribution in [0.15, 0.2) is 12.3 Å². The Kier molecular flexibility index (Phi) is 5.00. The number of amides is 1. The fourth-order valence-corrected chi connectivity index (χ4v) is 2.68. The lowest BCUT2D eigenvalue weighted by molar-refractivity contribution is -0.134. The Hall–Kier alpha value is -1.13. The molecule has 2 heterocycles. The fraction of sp³-hybridized carbons (Fsp3) is 0.600. The third-order valence-electron chi connectivity index (χ3n) is 3.46. The maximum atomic E-state index is 11.9. The SMILES string of the molecule is CCCC(=O)NC1(c2ncc(Cl)cc2CCC)COC1. The van der Waals surface area contributed by atoms with E-state index in [2.05, 4.69) is 17.2 Å². The first-order chi connectivity index (χ1) is 9.61. The second kappa shape index (κ2) is 6.55. The topological polar surface area (TPSA) is 51.2 Å². The number of nitrogens with zero attached hydrogens (tertiary/aromatic N) is 1. The van der Waals surface area contributed by atoms with Gasteiger partial charge in [-0.15, -0.1) is 0 Å². The van der Waals surface area contributed by atoms with Crippen LogP contribution in [-0.4, -0.2) is 24.1 Å². The van der Waals surface area contributed by atoms with E-state index in [1.54, 1.807) is 6.20 Å². The van der Waals surface area contributed by atoms with Gasteiger partial charge in [-0.05, 0) is 24.5 Å². The molecule has 0 bridgehead atoms. The van der Waals surface area contributed by atoms with Gasteiger partial charge in [0.05, 0.1) is 23.9 Å². The van der Waals surface area contributed by atoms with E-state index < -0.39 is 5.54 Å². The van der Waals surface area contributed by atoms with Crippen molar-refractivity contribution in [1.29, 1.82) is 0 Å². The Morgan fingerprint density at radius 2 is 2.20 bits per heavy atom. The van der Waals surface area contributed by atoms with E-state index in [1.807, 2.05) is 13.0 Å². The number of carbonyl (C=O) groups excluding carboxylic acids is 1. The molecule has 1 aliphatic heterocycles. The minimum atomic E-state index is -0.471. The predicted molar refractivity (Wildman–Crippen MR) is 78.8 cm³/mol.